The van der Waals surface area contributed by atoms with Crippen LogP contribution in [0.25, 0.3) is 11.6 Å². The van der Waals surface area contributed by atoms with Crippen molar-refractivity contribution in [3.63, 3.8) is 0 Å². The van der Waals surface area contributed by atoms with Crippen LogP contribution >= 0.6 is 0 Å². The number of ether oxygens (including phenoxy) is 1. The van der Waals surface area contributed by atoms with Gasteiger partial charge in [-0.2, -0.15) is 0 Å². The van der Waals surface area contributed by atoms with Crippen LogP contribution in [0.4, 0.5) is 0 Å². The quantitative estimate of drug-likeness (QED) is 0.212. The lowest BCUT2D eigenvalue weighted by atomic mass is 9.72. The monoisotopic (exact) mass is 662 g/mol. The fraction of sp³-hybridized carbons (Fsp3) is 0.565. The standard InChI is InChI=1S/C46H66OSi/c1-17-24-47-40-36(44(10,11)12)26-32(43(7,8)9)27-37(40)48(18-2,19-3)41-35-29-45(13,14)23-22-34(35)39-38(41)33-21-20-31(42(4,5)6)25-30(33)28-46(39,15)16/h17,20-21,25-29,41H,1,18-19,22-24H2,2-16H3. The number of benzene rings is 2. The topological polar surface area (TPSA) is 9.23 Å². The van der Waals surface area contributed by atoms with Gasteiger partial charge in [0.1, 0.15) is 20.4 Å². The van der Waals surface area contributed by atoms with Crippen molar-refractivity contribution in [3.8, 4) is 5.75 Å². The molecule has 1 unspecified atom stereocenters. The predicted molar refractivity (Wildman–Crippen MR) is 214 cm³/mol. The highest BCUT2D eigenvalue weighted by Gasteiger charge is 2.54. The highest BCUT2D eigenvalue weighted by Crippen LogP contribution is 2.62. The summed E-state index contributed by atoms with van der Waals surface area (Å²) in [4.78, 5) is 0. The molecule has 0 saturated carbocycles. The van der Waals surface area contributed by atoms with Crippen molar-refractivity contribution < 1.29 is 4.74 Å². The number of rotatable bonds is 7. The van der Waals surface area contributed by atoms with Crippen LogP contribution in [0.3, 0.4) is 0 Å². The van der Waals surface area contributed by atoms with Crippen LogP contribution < -0.4 is 20.4 Å². The van der Waals surface area contributed by atoms with E-state index in [4.69, 9.17) is 4.74 Å². The molecule has 1 nitrogen and oxygen atoms in total. The molecule has 3 aliphatic carbocycles. The molecule has 2 heteroatoms. The zero-order valence-electron chi connectivity index (χ0n) is 33.3. The van der Waals surface area contributed by atoms with E-state index in [1.54, 1.807) is 22.3 Å². The zero-order chi connectivity index (χ0) is 35.8. The summed E-state index contributed by atoms with van der Waals surface area (Å²) in [6.07, 6.45) is 9.61. The summed E-state index contributed by atoms with van der Waals surface area (Å²) in [5, 5.41) is 4.42. The molecule has 0 amide bonds. The Kier molecular flexibility index (Phi) is 9.20. The molecule has 2 aromatic rings. The Morgan fingerprint density at radius 2 is 1.46 bits per heavy atom. The van der Waals surface area contributed by atoms with Crippen molar-refractivity contribution in [2.75, 3.05) is 6.61 Å². The first-order valence-corrected chi connectivity index (χ1v) is 21.3. The summed E-state index contributed by atoms with van der Waals surface area (Å²) in [5.41, 5.74) is 11.3. The van der Waals surface area contributed by atoms with Gasteiger partial charge in [0.2, 0.25) is 0 Å². The van der Waals surface area contributed by atoms with Gasteiger partial charge in [0.15, 0.2) is 0 Å². The Labute approximate surface area is 295 Å². The van der Waals surface area contributed by atoms with Crippen molar-refractivity contribution >= 4 is 24.9 Å². The molecule has 0 heterocycles. The molecule has 0 bridgehead atoms. The molecule has 2 aromatic carbocycles. The van der Waals surface area contributed by atoms with E-state index in [9.17, 15) is 0 Å². The smallest absolute Gasteiger partial charge is 0.122 e. The second-order valence-electron chi connectivity index (χ2n) is 19.6. The minimum absolute atomic E-state index is 0.0224. The lowest BCUT2D eigenvalue weighted by molar-refractivity contribution is 0.353. The molecule has 0 radical (unpaired) electrons. The SMILES string of the molecule is C=CCOc1c(C(C)(C)C)cc(C(C)(C)C)cc1[Si](CC)(CC)C1C2=CC(C)(C)CCC2=C2C1=c1ccc(C(C)(C)C)cc1=CC2(C)C. The molecule has 0 saturated heterocycles. The van der Waals surface area contributed by atoms with E-state index in [1.807, 2.05) is 6.08 Å². The Morgan fingerprint density at radius 1 is 0.833 bits per heavy atom. The van der Waals surface area contributed by atoms with E-state index in [-0.39, 0.29) is 27.1 Å². The van der Waals surface area contributed by atoms with Gasteiger partial charge in [0.25, 0.3) is 0 Å². The largest absolute Gasteiger partial charge is 0.489 e. The van der Waals surface area contributed by atoms with Gasteiger partial charge in [-0.3, -0.25) is 0 Å². The molecule has 5 rings (SSSR count). The van der Waals surface area contributed by atoms with Gasteiger partial charge in [-0.25, -0.2) is 0 Å². The van der Waals surface area contributed by atoms with Gasteiger partial charge in [-0.05, 0) is 89.1 Å². The average Bonchev–Trinajstić information content (AvgIpc) is 3.30. The molecule has 0 aromatic heterocycles. The van der Waals surface area contributed by atoms with Gasteiger partial charge < -0.3 is 4.74 Å². The third kappa shape index (κ3) is 6.18. The molecule has 3 aliphatic rings. The van der Waals surface area contributed by atoms with Gasteiger partial charge in [-0.1, -0.05) is 171 Å². The van der Waals surface area contributed by atoms with Crippen LogP contribution in [0.2, 0.25) is 17.6 Å². The number of fused-ring (bicyclic) bond motifs is 3. The zero-order valence-corrected chi connectivity index (χ0v) is 34.3. The van der Waals surface area contributed by atoms with Crippen LogP contribution in [-0.2, 0) is 16.2 Å². The first-order valence-electron chi connectivity index (χ1n) is 18.8. The molecule has 0 spiro atoms. The predicted octanol–water partition coefficient (Wildman–Crippen LogP) is 10.9. The first kappa shape index (κ1) is 36.7. The van der Waals surface area contributed by atoms with Crippen LogP contribution in [0.5, 0.6) is 5.75 Å². The Hall–Kier alpha value is -2.58. The molecule has 48 heavy (non-hydrogen) atoms. The van der Waals surface area contributed by atoms with E-state index in [1.165, 1.54) is 38.7 Å². The summed E-state index contributed by atoms with van der Waals surface area (Å²) in [5.74, 6) is 1.14. The van der Waals surface area contributed by atoms with Gasteiger partial charge in [-0.15, -0.1) is 0 Å². The van der Waals surface area contributed by atoms with Crippen LogP contribution in [0.15, 0.2) is 65.8 Å². The third-order valence-corrected chi connectivity index (χ3v) is 17.6. The summed E-state index contributed by atoms with van der Waals surface area (Å²) in [7, 11) is -2.38. The molecule has 0 aliphatic heterocycles. The molecular weight excluding hydrogens is 597 g/mol. The maximum atomic E-state index is 6.93. The lowest BCUT2D eigenvalue weighted by Crippen LogP contribution is -2.54. The van der Waals surface area contributed by atoms with E-state index < -0.39 is 8.07 Å². The highest BCUT2D eigenvalue weighted by atomic mass is 28.3. The van der Waals surface area contributed by atoms with Gasteiger partial charge in [0.05, 0.1) is 0 Å². The summed E-state index contributed by atoms with van der Waals surface area (Å²) in [6.45, 7) is 40.7. The second kappa shape index (κ2) is 12.0. The molecule has 0 fully saturated rings. The molecule has 260 valence electrons. The number of allylic oxidation sites excluding steroid dienone is 4. The van der Waals surface area contributed by atoms with Crippen LogP contribution in [0.1, 0.15) is 133 Å². The van der Waals surface area contributed by atoms with E-state index in [0.717, 1.165) is 24.3 Å². The van der Waals surface area contributed by atoms with E-state index >= 15 is 0 Å². The normalized spacial score (nSPS) is 20.4. The van der Waals surface area contributed by atoms with Gasteiger partial charge in [0, 0.05) is 11.0 Å². The first-order chi connectivity index (χ1) is 22.0. The van der Waals surface area contributed by atoms with E-state index in [0.29, 0.717) is 12.1 Å². The minimum atomic E-state index is -2.38. The lowest BCUT2D eigenvalue weighted by Gasteiger charge is -2.43. The average molecular weight is 663 g/mol. The maximum Gasteiger partial charge on any atom is 0.122 e. The molecular formula is C46H66OSi. The molecule has 1 atom stereocenters. The third-order valence-electron chi connectivity index (χ3n) is 11.9. The minimum Gasteiger partial charge on any atom is -0.489 e. The van der Waals surface area contributed by atoms with Gasteiger partial charge >= 0.3 is 0 Å². The van der Waals surface area contributed by atoms with Crippen molar-refractivity contribution in [2.45, 2.75) is 151 Å². The summed E-state index contributed by atoms with van der Waals surface area (Å²) in [6, 6.07) is 14.8. The van der Waals surface area contributed by atoms with Crippen LogP contribution in [-0.4, -0.2) is 14.7 Å². The maximum absolute atomic E-state index is 6.93. The highest BCUT2D eigenvalue weighted by molar-refractivity contribution is 6.95. The van der Waals surface area contributed by atoms with Crippen molar-refractivity contribution in [2.24, 2.45) is 10.8 Å². The van der Waals surface area contributed by atoms with E-state index in [2.05, 4.69) is 153 Å². The fourth-order valence-electron chi connectivity index (χ4n) is 9.10. The van der Waals surface area contributed by atoms with Crippen molar-refractivity contribution in [1.82, 2.24) is 0 Å². The Morgan fingerprint density at radius 3 is 2.00 bits per heavy atom. The Balaban J connectivity index is 2.00. The van der Waals surface area contributed by atoms with Crippen LogP contribution in [0, 0.1) is 10.8 Å². The summed E-state index contributed by atoms with van der Waals surface area (Å²) >= 11 is 0. The fourth-order valence-corrected chi connectivity index (χ4v) is 14.3. The van der Waals surface area contributed by atoms with Crippen molar-refractivity contribution in [1.29, 1.82) is 0 Å². The van der Waals surface area contributed by atoms with Crippen molar-refractivity contribution in [3.05, 3.63) is 92.9 Å². The second-order valence-corrected chi connectivity index (χ2v) is 24.4. The molecule has 0 N–H and O–H groups in total. The summed E-state index contributed by atoms with van der Waals surface area (Å²) < 4.78 is 6.93. The number of hydrogen-bond donors (Lipinski definition) is 0. The number of hydrogen-bond acceptors (Lipinski definition) is 1. The Bertz CT molecular complexity index is 1800.